The van der Waals surface area contributed by atoms with Crippen molar-refractivity contribution in [2.75, 3.05) is 0 Å². The van der Waals surface area contributed by atoms with Crippen molar-refractivity contribution in [2.24, 2.45) is 0 Å². The highest BCUT2D eigenvalue weighted by atomic mass is 16.6. The number of carbonyl (C=O) groups excluding carboxylic acids is 2. The van der Waals surface area contributed by atoms with E-state index in [9.17, 15) is 19.7 Å². The Morgan fingerprint density at radius 3 is 2.11 bits per heavy atom. The lowest BCUT2D eigenvalue weighted by Gasteiger charge is -2.11. The van der Waals surface area contributed by atoms with Gasteiger partial charge < -0.3 is 0 Å². The Labute approximate surface area is 103 Å². The van der Waals surface area contributed by atoms with Crippen molar-refractivity contribution >= 4 is 23.3 Å². The average molecular weight is 245 g/mol. The molecule has 0 saturated heterocycles. The van der Waals surface area contributed by atoms with Crippen LogP contribution in [0.15, 0.2) is 29.8 Å². The number of non-ortho nitro benzene ring substituents is 1. The van der Waals surface area contributed by atoms with Crippen molar-refractivity contribution in [3.8, 4) is 0 Å². The van der Waals surface area contributed by atoms with Gasteiger partial charge in [-0.2, -0.15) is 0 Å². The van der Waals surface area contributed by atoms with Crippen molar-refractivity contribution in [1.82, 2.24) is 0 Å². The number of benzene rings is 1. The Hall–Kier alpha value is -2.30. The molecule has 0 amide bonds. The summed E-state index contributed by atoms with van der Waals surface area (Å²) in [5.74, 6) is -0.297. The number of nitro groups is 1. The van der Waals surface area contributed by atoms with Crippen molar-refractivity contribution in [2.45, 2.75) is 19.3 Å². The lowest BCUT2D eigenvalue weighted by Crippen LogP contribution is -2.18. The van der Waals surface area contributed by atoms with Crippen LogP contribution in [-0.4, -0.2) is 16.5 Å². The molecule has 0 N–H and O–H groups in total. The molecule has 0 heterocycles. The van der Waals surface area contributed by atoms with Crippen molar-refractivity contribution in [1.29, 1.82) is 0 Å². The molecule has 92 valence electrons. The van der Waals surface area contributed by atoms with Gasteiger partial charge in [0.15, 0.2) is 11.6 Å². The van der Waals surface area contributed by atoms with Gasteiger partial charge in [-0.1, -0.05) is 0 Å². The van der Waals surface area contributed by atoms with Crippen LogP contribution in [-0.2, 0) is 9.59 Å². The van der Waals surface area contributed by atoms with Gasteiger partial charge in [0.25, 0.3) is 5.69 Å². The van der Waals surface area contributed by atoms with Gasteiger partial charge in [-0.15, -0.1) is 0 Å². The van der Waals surface area contributed by atoms with E-state index in [4.69, 9.17) is 0 Å². The Bertz CT molecular complexity index is 525. The SMILES string of the molecule is O=C1CCCC(=O)C1=Cc1ccc([N+](=O)[O-])cc1. The van der Waals surface area contributed by atoms with E-state index in [0.717, 1.165) is 0 Å². The number of hydrogen-bond acceptors (Lipinski definition) is 4. The molecule has 1 aliphatic rings. The number of carbonyl (C=O) groups is 2. The summed E-state index contributed by atoms with van der Waals surface area (Å²) in [5, 5.41) is 10.5. The molecule has 0 aliphatic heterocycles. The van der Waals surface area contributed by atoms with Gasteiger partial charge in [0, 0.05) is 25.0 Å². The van der Waals surface area contributed by atoms with Crippen LogP contribution < -0.4 is 0 Å². The highest BCUT2D eigenvalue weighted by molar-refractivity contribution is 6.24. The minimum Gasteiger partial charge on any atom is -0.294 e. The van der Waals surface area contributed by atoms with Crippen LogP contribution >= 0.6 is 0 Å². The van der Waals surface area contributed by atoms with Crippen LogP contribution in [0.5, 0.6) is 0 Å². The minimum absolute atomic E-state index is 0.0153. The molecule has 0 atom stereocenters. The zero-order valence-corrected chi connectivity index (χ0v) is 9.59. The normalized spacial score (nSPS) is 15.7. The molecule has 5 heteroatoms. The maximum Gasteiger partial charge on any atom is 0.269 e. The predicted octanol–water partition coefficient (Wildman–Crippen LogP) is 2.30. The molecule has 18 heavy (non-hydrogen) atoms. The quantitative estimate of drug-likeness (QED) is 0.346. The molecule has 1 aromatic carbocycles. The van der Waals surface area contributed by atoms with Gasteiger partial charge in [-0.05, 0) is 30.2 Å². The van der Waals surface area contributed by atoms with Gasteiger partial charge in [0.1, 0.15) is 0 Å². The Balaban J connectivity index is 2.29. The van der Waals surface area contributed by atoms with E-state index in [1.54, 1.807) is 0 Å². The molecular formula is C13H11NO4. The molecular weight excluding hydrogens is 234 g/mol. The zero-order chi connectivity index (χ0) is 13.1. The summed E-state index contributed by atoms with van der Waals surface area (Å²) in [6.07, 6.45) is 2.90. The van der Waals surface area contributed by atoms with Crippen molar-refractivity contribution in [3.05, 3.63) is 45.5 Å². The average Bonchev–Trinajstić information content (AvgIpc) is 2.34. The molecule has 1 aliphatic carbocycles. The van der Waals surface area contributed by atoms with Gasteiger partial charge in [0.2, 0.25) is 0 Å². The number of nitro benzene ring substituents is 1. The van der Waals surface area contributed by atoms with E-state index in [2.05, 4.69) is 0 Å². The Morgan fingerprint density at radius 2 is 1.61 bits per heavy atom. The van der Waals surface area contributed by atoms with Gasteiger partial charge >= 0.3 is 0 Å². The molecule has 2 rings (SSSR count). The topological polar surface area (TPSA) is 77.3 Å². The molecule has 0 radical (unpaired) electrons. The highest BCUT2D eigenvalue weighted by Gasteiger charge is 2.22. The molecule has 0 spiro atoms. The second-order valence-electron chi connectivity index (χ2n) is 4.11. The summed E-state index contributed by atoms with van der Waals surface area (Å²) in [7, 11) is 0. The monoisotopic (exact) mass is 245 g/mol. The summed E-state index contributed by atoms with van der Waals surface area (Å²) in [5.41, 5.74) is 0.813. The van der Waals surface area contributed by atoms with Crippen LogP contribution in [0.3, 0.4) is 0 Å². The van der Waals surface area contributed by atoms with Crippen LogP contribution in [0, 0.1) is 10.1 Å². The summed E-state index contributed by atoms with van der Waals surface area (Å²) in [6, 6.07) is 5.76. The third-order valence-corrected chi connectivity index (χ3v) is 2.82. The molecule has 1 saturated carbocycles. The first kappa shape index (κ1) is 12.2. The second-order valence-corrected chi connectivity index (χ2v) is 4.11. The van der Waals surface area contributed by atoms with Crippen molar-refractivity contribution in [3.63, 3.8) is 0 Å². The zero-order valence-electron chi connectivity index (χ0n) is 9.59. The van der Waals surface area contributed by atoms with Crippen LogP contribution in [0.25, 0.3) is 6.08 Å². The lowest BCUT2D eigenvalue weighted by atomic mass is 9.91. The Kier molecular flexibility index (Phi) is 3.32. The van der Waals surface area contributed by atoms with E-state index in [0.29, 0.717) is 24.8 Å². The second kappa shape index (κ2) is 4.91. The number of nitrogens with zero attached hydrogens (tertiary/aromatic N) is 1. The van der Waals surface area contributed by atoms with E-state index in [1.807, 2.05) is 0 Å². The summed E-state index contributed by atoms with van der Waals surface area (Å²) in [4.78, 5) is 33.2. The van der Waals surface area contributed by atoms with E-state index in [1.165, 1.54) is 30.3 Å². The largest absolute Gasteiger partial charge is 0.294 e. The Morgan fingerprint density at radius 1 is 1.06 bits per heavy atom. The van der Waals surface area contributed by atoms with Crippen LogP contribution in [0.1, 0.15) is 24.8 Å². The number of rotatable bonds is 2. The standard InChI is InChI=1S/C13H11NO4/c15-12-2-1-3-13(16)11(12)8-9-4-6-10(7-5-9)14(17)18/h4-8H,1-3H2. The number of allylic oxidation sites excluding steroid dienone is 1. The van der Waals surface area contributed by atoms with Crippen LogP contribution in [0.4, 0.5) is 5.69 Å². The number of hydrogen-bond donors (Lipinski definition) is 0. The first-order chi connectivity index (χ1) is 8.58. The fourth-order valence-electron chi connectivity index (χ4n) is 1.85. The first-order valence-corrected chi connectivity index (χ1v) is 5.60. The minimum atomic E-state index is -0.492. The van der Waals surface area contributed by atoms with Crippen molar-refractivity contribution < 1.29 is 14.5 Å². The number of ketones is 2. The summed E-state index contributed by atoms with van der Waals surface area (Å²) >= 11 is 0. The fourth-order valence-corrected chi connectivity index (χ4v) is 1.85. The summed E-state index contributed by atoms with van der Waals surface area (Å²) < 4.78 is 0. The van der Waals surface area contributed by atoms with E-state index < -0.39 is 4.92 Å². The number of Topliss-reactive ketones (excluding diaryl/α,β-unsaturated/α-hetero) is 2. The predicted molar refractivity (Wildman–Crippen MR) is 64.9 cm³/mol. The lowest BCUT2D eigenvalue weighted by molar-refractivity contribution is -0.384. The molecule has 0 aromatic heterocycles. The fraction of sp³-hybridized carbons (Fsp3) is 0.231. The van der Waals surface area contributed by atoms with E-state index >= 15 is 0 Å². The van der Waals surface area contributed by atoms with E-state index in [-0.39, 0.29) is 22.8 Å². The third-order valence-electron chi connectivity index (χ3n) is 2.82. The molecule has 0 unspecified atom stereocenters. The smallest absolute Gasteiger partial charge is 0.269 e. The van der Waals surface area contributed by atoms with Gasteiger partial charge in [-0.25, -0.2) is 0 Å². The van der Waals surface area contributed by atoms with Crippen LogP contribution in [0.2, 0.25) is 0 Å². The van der Waals surface area contributed by atoms with Gasteiger partial charge in [0.05, 0.1) is 10.5 Å². The maximum atomic E-state index is 11.6. The first-order valence-electron chi connectivity index (χ1n) is 5.60. The molecule has 1 fully saturated rings. The molecule has 5 nitrogen and oxygen atoms in total. The molecule has 1 aromatic rings. The summed E-state index contributed by atoms with van der Waals surface area (Å²) in [6.45, 7) is 0. The van der Waals surface area contributed by atoms with Gasteiger partial charge in [-0.3, -0.25) is 19.7 Å². The molecule has 0 bridgehead atoms. The maximum absolute atomic E-state index is 11.6. The highest BCUT2D eigenvalue weighted by Crippen LogP contribution is 2.20. The third kappa shape index (κ3) is 2.51.